The maximum atomic E-state index is 5.89. The van der Waals surface area contributed by atoms with Crippen LogP contribution in [0.1, 0.15) is 41.0 Å². The number of rotatable bonds is 5. The van der Waals surface area contributed by atoms with E-state index in [0.29, 0.717) is 0 Å². The SMILES string of the molecule is CCCNC(c1cccc2c1OCC2)c1sccc1C. The van der Waals surface area contributed by atoms with Crippen molar-refractivity contribution in [2.24, 2.45) is 0 Å². The van der Waals surface area contributed by atoms with Crippen LogP contribution in [-0.2, 0) is 6.42 Å². The van der Waals surface area contributed by atoms with Crippen LogP contribution in [0.3, 0.4) is 0 Å². The van der Waals surface area contributed by atoms with E-state index in [1.54, 1.807) is 0 Å². The molecule has 3 rings (SSSR count). The summed E-state index contributed by atoms with van der Waals surface area (Å²) < 4.78 is 5.89. The normalized spacial score (nSPS) is 14.9. The van der Waals surface area contributed by atoms with Crippen LogP contribution < -0.4 is 10.1 Å². The summed E-state index contributed by atoms with van der Waals surface area (Å²) in [6.07, 6.45) is 2.17. The van der Waals surface area contributed by atoms with Gasteiger partial charge in [-0.15, -0.1) is 11.3 Å². The Balaban J connectivity index is 2.02. The molecule has 0 radical (unpaired) electrons. The Hall–Kier alpha value is -1.32. The highest BCUT2D eigenvalue weighted by atomic mass is 32.1. The van der Waals surface area contributed by atoms with Crippen molar-refractivity contribution in [2.45, 2.75) is 32.7 Å². The van der Waals surface area contributed by atoms with E-state index in [2.05, 4.69) is 48.8 Å². The Labute approximate surface area is 124 Å². The first-order valence-corrected chi connectivity index (χ1v) is 8.21. The van der Waals surface area contributed by atoms with E-state index in [1.807, 2.05) is 11.3 Å². The molecule has 1 aromatic heterocycles. The maximum Gasteiger partial charge on any atom is 0.127 e. The van der Waals surface area contributed by atoms with Gasteiger partial charge in [0.25, 0.3) is 0 Å². The van der Waals surface area contributed by atoms with E-state index < -0.39 is 0 Å². The summed E-state index contributed by atoms with van der Waals surface area (Å²) >= 11 is 1.83. The molecule has 2 nitrogen and oxygen atoms in total. The average molecular weight is 287 g/mol. The molecule has 1 unspecified atom stereocenters. The van der Waals surface area contributed by atoms with E-state index in [4.69, 9.17) is 4.74 Å². The Morgan fingerprint density at radius 2 is 2.25 bits per heavy atom. The van der Waals surface area contributed by atoms with Gasteiger partial charge in [-0.1, -0.05) is 25.1 Å². The van der Waals surface area contributed by atoms with E-state index in [9.17, 15) is 0 Å². The summed E-state index contributed by atoms with van der Waals surface area (Å²) in [7, 11) is 0. The van der Waals surface area contributed by atoms with Crippen LogP contribution in [0.4, 0.5) is 0 Å². The summed E-state index contributed by atoms with van der Waals surface area (Å²) in [5.41, 5.74) is 4.00. The number of benzene rings is 1. The van der Waals surface area contributed by atoms with Gasteiger partial charge in [0.2, 0.25) is 0 Å². The number of hydrogen-bond donors (Lipinski definition) is 1. The van der Waals surface area contributed by atoms with Crippen molar-refractivity contribution in [3.8, 4) is 5.75 Å². The lowest BCUT2D eigenvalue weighted by molar-refractivity contribution is 0.350. The molecule has 2 heterocycles. The predicted octanol–water partition coefficient (Wildman–Crippen LogP) is 4.08. The van der Waals surface area contributed by atoms with Gasteiger partial charge >= 0.3 is 0 Å². The Kier molecular flexibility index (Phi) is 4.08. The Bertz CT molecular complexity index is 590. The monoisotopic (exact) mass is 287 g/mol. The molecule has 1 aromatic carbocycles. The van der Waals surface area contributed by atoms with Gasteiger partial charge in [-0.25, -0.2) is 0 Å². The lowest BCUT2D eigenvalue weighted by Crippen LogP contribution is -2.23. The summed E-state index contributed by atoms with van der Waals surface area (Å²) in [6, 6.07) is 9.00. The fraction of sp³-hybridized carbons (Fsp3) is 0.412. The first-order valence-electron chi connectivity index (χ1n) is 7.33. The van der Waals surface area contributed by atoms with Gasteiger partial charge in [-0.2, -0.15) is 0 Å². The second-order valence-electron chi connectivity index (χ2n) is 5.29. The lowest BCUT2D eigenvalue weighted by Gasteiger charge is -2.21. The van der Waals surface area contributed by atoms with Crippen molar-refractivity contribution < 1.29 is 4.74 Å². The molecule has 1 aliphatic rings. The minimum absolute atomic E-state index is 0.253. The number of para-hydroxylation sites is 1. The molecule has 0 spiro atoms. The summed E-state index contributed by atoms with van der Waals surface area (Å²) in [5, 5.41) is 5.86. The third kappa shape index (κ3) is 2.48. The molecule has 0 fully saturated rings. The van der Waals surface area contributed by atoms with E-state index in [1.165, 1.54) is 21.6 Å². The fourth-order valence-corrected chi connectivity index (χ4v) is 3.80. The molecule has 1 atom stereocenters. The zero-order chi connectivity index (χ0) is 13.9. The molecular weight excluding hydrogens is 266 g/mol. The van der Waals surface area contributed by atoms with Crippen LogP contribution in [0.15, 0.2) is 29.6 Å². The first kappa shape index (κ1) is 13.7. The Morgan fingerprint density at radius 3 is 3.00 bits per heavy atom. The van der Waals surface area contributed by atoms with Gasteiger partial charge in [0.15, 0.2) is 0 Å². The van der Waals surface area contributed by atoms with Crippen LogP contribution in [0.5, 0.6) is 5.75 Å². The summed E-state index contributed by atoms with van der Waals surface area (Å²) in [5.74, 6) is 1.11. The van der Waals surface area contributed by atoms with Gasteiger partial charge in [0.05, 0.1) is 12.6 Å². The molecule has 0 saturated carbocycles. The smallest absolute Gasteiger partial charge is 0.127 e. The van der Waals surface area contributed by atoms with Crippen molar-refractivity contribution in [3.05, 3.63) is 51.2 Å². The second-order valence-corrected chi connectivity index (χ2v) is 6.24. The van der Waals surface area contributed by atoms with E-state index in [-0.39, 0.29) is 6.04 Å². The molecule has 1 N–H and O–H groups in total. The molecular formula is C17H21NOS. The molecule has 0 amide bonds. The lowest BCUT2D eigenvalue weighted by atomic mass is 9.99. The number of hydrogen-bond acceptors (Lipinski definition) is 3. The topological polar surface area (TPSA) is 21.3 Å². The predicted molar refractivity (Wildman–Crippen MR) is 84.8 cm³/mol. The molecule has 2 aromatic rings. The second kappa shape index (κ2) is 5.98. The van der Waals surface area contributed by atoms with E-state index >= 15 is 0 Å². The molecule has 3 heteroatoms. The highest BCUT2D eigenvalue weighted by Crippen LogP contribution is 2.38. The minimum atomic E-state index is 0.253. The van der Waals surface area contributed by atoms with Crippen molar-refractivity contribution >= 4 is 11.3 Å². The number of fused-ring (bicyclic) bond motifs is 1. The van der Waals surface area contributed by atoms with Crippen LogP contribution >= 0.6 is 11.3 Å². The number of ether oxygens (including phenoxy) is 1. The average Bonchev–Trinajstić information content (AvgIpc) is 3.09. The first-order chi connectivity index (χ1) is 9.81. The maximum absolute atomic E-state index is 5.89. The standard InChI is InChI=1S/C17H21NOS/c1-3-9-18-15(17-12(2)8-11-20-17)14-6-4-5-13-7-10-19-16(13)14/h4-6,8,11,15,18H,3,7,9-10H2,1-2H3. The van der Waals surface area contributed by atoms with Crippen molar-refractivity contribution in [1.29, 1.82) is 0 Å². The zero-order valence-corrected chi connectivity index (χ0v) is 12.9. The molecule has 0 bridgehead atoms. The Morgan fingerprint density at radius 1 is 1.35 bits per heavy atom. The molecule has 1 aliphatic heterocycles. The van der Waals surface area contributed by atoms with Gasteiger partial charge in [0, 0.05) is 16.9 Å². The van der Waals surface area contributed by atoms with Gasteiger partial charge in [-0.05, 0) is 42.5 Å². The summed E-state index contributed by atoms with van der Waals surface area (Å²) in [6.45, 7) is 6.23. The van der Waals surface area contributed by atoms with Crippen molar-refractivity contribution in [2.75, 3.05) is 13.2 Å². The number of nitrogens with one attached hydrogen (secondary N) is 1. The molecule has 0 saturated heterocycles. The van der Waals surface area contributed by atoms with Gasteiger partial charge in [0.1, 0.15) is 5.75 Å². The van der Waals surface area contributed by atoms with Crippen LogP contribution in [0, 0.1) is 6.92 Å². The minimum Gasteiger partial charge on any atom is -0.493 e. The fourth-order valence-electron chi connectivity index (χ4n) is 2.78. The quantitative estimate of drug-likeness (QED) is 0.894. The zero-order valence-electron chi connectivity index (χ0n) is 12.1. The number of aryl methyl sites for hydroxylation is 1. The van der Waals surface area contributed by atoms with Crippen LogP contribution in [-0.4, -0.2) is 13.2 Å². The van der Waals surface area contributed by atoms with Crippen LogP contribution in [0.2, 0.25) is 0 Å². The van der Waals surface area contributed by atoms with Gasteiger partial charge in [-0.3, -0.25) is 0 Å². The van der Waals surface area contributed by atoms with Crippen LogP contribution in [0.25, 0.3) is 0 Å². The third-order valence-corrected chi connectivity index (χ3v) is 4.90. The summed E-state index contributed by atoms with van der Waals surface area (Å²) in [4.78, 5) is 1.40. The molecule has 106 valence electrons. The van der Waals surface area contributed by atoms with Crippen molar-refractivity contribution in [3.63, 3.8) is 0 Å². The highest BCUT2D eigenvalue weighted by Gasteiger charge is 2.24. The largest absolute Gasteiger partial charge is 0.493 e. The number of thiophene rings is 1. The van der Waals surface area contributed by atoms with Gasteiger partial charge < -0.3 is 10.1 Å². The third-order valence-electron chi connectivity index (χ3n) is 3.82. The van der Waals surface area contributed by atoms with E-state index in [0.717, 1.165) is 31.7 Å². The van der Waals surface area contributed by atoms with Crippen molar-refractivity contribution in [1.82, 2.24) is 5.32 Å². The molecule has 20 heavy (non-hydrogen) atoms. The highest BCUT2D eigenvalue weighted by molar-refractivity contribution is 7.10. The molecule has 0 aliphatic carbocycles.